The van der Waals surface area contributed by atoms with Crippen molar-refractivity contribution in [3.63, 3.8) is 0 Å². The first kappa shape index (κ1) is 15.8. The second-order valence-corrected chi connectivity index (χ2v) is 6.20. The van der Waals surface area contributed by atoms with Crippen LogP contribution in [0, 0.1) is 0 Å². The van der Waals surface area contributed by atoms with Crippen LogP contribution in [0.25, 0.3) is 0 Å². The smallest absolute Gasteiger partial charge is 0.256 e. The van der Waals surface area contributed by atoms with Crippen molar-refractivity contribution in [3.05, 3.63) is 53.2 Å². The molecule has 1 aromatic carbocycles. The van der Waals surface area contributed by atoms with Crippen molar-refractivity contribution in [1.29, 1.82) is 0 Å². The van der Waals surface area contributed by atoms with Crippen LogP contribution in [0.4, 0.5) is 11.5 Å². The Morgan fingerprint density at radius 1 is 1.00 bits per heavy atom. The lowest BCUT2D eigenvalue weighted by Gasteiger charge is -2.22. The zero-order chi connectivity index (χ0) is 16.1. The average Bonchev–Trinajstić information content (AvgIpc) is 2.85. The predicted molar refractivity (Wildman–Crippen MR) is 94.3 cm³/mol. The molecule has 2 aromatic rings. The van der Waals surface area contributed by atoms with Crippen molar-refractivity contribution in [3.8, 4) is 0 Å². The van der Waals surface area contributed by atoms with E-state index in [1.54, 1.807) is 24.3 Å². The number of amides is 1. The van der Waals surface area contributed by atoms with Crippen molar-refractivity contribution in [2.75, 3.05) is 23.3 Å². The number of aromatic nitrogens is 1. The molecule has 1 aromatic heterocycles. The maximum atomic E-state index is 12.2. The van der Waals surface area contributed by atoms with Crippen molar-refractivity contribution >= 4 is 29.0 Å². The summed E-state index contributed by atoms with van der Waals surface area (Å²) in [6.45, 7) is 2.16. The van der Waals surface area contributed by atoms with Crippen LogP contribution in [-0.2, 0) is 0 Å². The average molecular weight is 330 g/mol. The molecule has 2 heterocycles. The third kappa shape index (κ3) is 4.23. The maximum Gasteiger partial charge on any atom is 0.256 e. The molecule has 1 N–H and O–H groups in total. The van der Waals surface area contributed by atoms with E-state index in [1.165, 1.54) is 25.7 Å². The van der Waals surface area contributed by atoms with E-state index in [2.05, 4.69) is 15.2 Å². The van der Waals surface area contributed by atoms with Gasteiger partial charge in [-0.1, -0.05) is 24.4 Å². The van der Waals surface area contributed by atoms with Gasteiger partial charge in [0.15, 0.2) is 0 Å². The van der Waals surface area contributed by atoms with Gasteiger partial charge in [-0.3, -0.25) is 4.79 Å². The van der Waals surface area contributed by atoms with Crippen LogP contribution in [0.5, 0.6) is 0 Å². The third-order valence-electron chi connectivity index (χ3n) is 4.07. The fourth-order valence-corrected chi connectivity index (χ4v) is 2.89. The minimum Gasteiger partial charge on any atom is -0.370 e. The number of carbonyl (C=O) groups is 1. The molecule has 0 aliphatic carbocycles. The van der Waals surface area contributed by atoms with Crippen molar-refractivity contribution in [2.24, 2.45) is 0 Å². The van der Waals surface area contributed by atoms with Gasteiger partial charge in [-0.25, -0.2) is 4.98 Å². The molecule has 1 amide bonds. The molecular weight excluding hydrogens is 310 g/mol. The number of hydrogen-bond acceptors (Lipinski definition) is 3. The Morgan fingerprint density at radius 2 is 1.70 bits per heavy atom. The highest BCUT2D eigenvalue weighted by atomic mass is 35.5. The number of hydrogen-bond donors (Lipinski definition) is 1. The summed E-state index contributed by atoms with van der Waals surface area (Å²) in [6.07, 6.45) is 6.91. The highest BCUT2D eigenvalue weighted by molar-refractivity contribution is 6.30. The fraction of sp³-hybridized carbons (Fsp3) is 0.333. The van der Waals surface area contributed by atoms with Crippen molar-refractivity contribution in [2.45, 2.75) is 25.7 Å². The number of anilines is 2. The van der Waals surface area contributed by atoms with Gasteiger partial charge in [0.05, 0.1) is 11.9 Å². The zero-order valence-electron chi connectivity index (χ0n) is 13.0. The lowest BCUT2D eigenvalue weighted by atomic mass is 10.2. The molecule has 5 heteroatoms. The number of rotatable bonds is 3. The van der Waals surface area contributed by atoms with Gasteiger partial charge in [0, 0.05) is 23.7 Å². The molecule has 23 heavy (non-hydrogen) atoms. The van der Waals surface area contributed by atoms with Gasteiger partial charge in [-0.05, 0) is 49.2 Å². The molecule has 1 aliphatic rings. The number of carbonyl (C=O) groups excluding carboxylic acids is 1. The summed E-state index contributed by atoms with van der Waals surface area (Å²) >= 11 is 5.83. The molecule has 0 atom stereocenters. The van der Waals surface area contributed by atoms with Gasteiger partial charge in [0.25, 0.3) is 5.91 Å². The molecule has 1 aliphatic heterocycles. The fourth-order valence-electron chi connectivity index (χ4n) is 2.77. The number of benzene rings is 1. The third-order valence-corrected chi connectivity index (χ3v) is 4.32. The Hall–Kier alpha value is -2.07. The van der Waals surface area contributed by atoms with E-state index in [4.69, 9.17) is 11.6 Å². The van der Waals surface area contributed by atoms with Gasteiger partial charge in [-0.15, -0.1) is 0 Å². The second-order valence-electron chi connectivity index (χ2n) is 5.76. The highest BCUT2D eigenvalue weighted by Crippen LogP contribution is 2.20. The first-order valence-electron chi connectivity index (χ1n) is 8.00. The molecule has 0 spiro atoms. The molecule has 3 rings (SSSR count). The summed E-state index contributed by atoms with van der Waals surface area (Å²) in [5.74, 6) is 0.375. The number of nitrogens with zero attached hydrogens (tertiary/aromatic N) is 2. The van der Waals surface area contributed by atoms with Crippen LogP contribution in [-0.4, -0.2) is 24.0 Å². The largest absolute Gasteiger partial charge is 0.370 e. The lowest BCUT2D eigenvalue weighted by Crippen LogP contribution is -2.24. The Kier molecular flexibility index (Phi) is 5.13. The van der Waals surface area contributed by atoms with E-state index in [1.807, 2.05) is 18.3 Å². The molecule has 0 saturated carbocycles. The van der Waals surface area contributed by atoms with Gasteiger partial charge in [0.2, 0.25) is 0 Å². The van der Waals surface area contributed by atoms with Gasteiger partial charge in [0.1, 0.15) is 5.82 Å². The highest BCUT2D eigenvalue weighted by Gasteiger charge is 2.11. The Labute approximate surface area is 141 Å². The summed E-state index contributed by atoms with van der Waals surface area (Å²) in [5.41, 5.74) is 1.68. The SMILES string of the molecule is O=C(Nc1ccc(N2CCCCCC2)cn1)c1ccc(Cl)cc1. The standard InChI is InChI=1S/C18H20ClN3O/c19-15-7-5-14(6-8-15)18(23)21-17-10-9-16(13-20-17)22-11-3-1-2-4-12-22/h5-10,13H,1-4,11-12H2,(H,20,21,23). The minimum absolute atomic E-state index is 0.184. The molecule has 0 radical (unpaired) electrons. The summed E-state index contributed by atoms with van der Waals surface area (Å²) in [4.78, 5) is 18.9. The molecule has 1 saturated heterocycles. The van der Waals surface area contributed by atoms with E-state index in [0.29, 0.717) is 16.4 Å². The molecule has 120 valence electrons. The van der Waals surface area contributed by atoms with Crippen LogP contribution in [0.15, 0.2) is 42.6 Å². The van der Waals surface area contributed by atoms with E-state index in [-0.39, 0.29) is 5.91 Å². The van der Waals surface area contributed by atoms with Crippen molar-refractivity contribution in [1.82, 2.24) is 4.98 Å². The quantitative estimate of drug-likeness (QED) is 0.909. The first-order chi connectivity index (χ1) is 11.2. The second kappa shape index (κ2) is 7.47. The van der Waals surface area contributed by atoms with Crippen LogP contribution < -0.4 is 10.2 Å². The van der Waals surface area contributed by atoms with E-state index in [0.717, 1.165) is 18.8 Å². The van der Waals surface area contributed by atoms with E-state index >= 15 is 0 Å². The van der Waals surface area contributed by atoms with E-state index < -0.39 is 0 Å². The van der Waals surface area contributed by atoms with Crippen LogP contribution >= 0.6 is 11.6 Å². The van der Waals surface area contributed by atoms with Crippen LogP contribution in [0.3, 0.4) is 0 Å². The Bertz CT molecular complexity index is 647. The summed E-state index contributed by atoms with van der Waals surface area (Å²) < 4.78 is 0. The van der Waals surface area contributed by atoms with Crippen LogP contribution in [0.1, 0.15) is 36.0 Å². The maximum absolute atomic E-state index is 12.2. The lowest BCUT2D eigenvalue weighted by molar-refractivity contribution is 0.102. The van der Waals surface area contributed by atoms with Crippen molar-refractivity contribution < 1.29 is 4.79 Å². The van der Waals surface area contributed by atoms with Crippen LogP contribution in [0.2, 0.25) is 5.02 Å². The molecule has 1 fully saturated rings. The molecular formula is C18H20ClN3O. The van der Waals surface area contributed by atoms with E-state index in [9.17, 15) is 4.79 Å². The van der Waals surface area contributed by atoms with Gasteiger partial charge >= 0.3 is 0 Å². The predicted octanol–water partition coefficient (Wildman–Crippen LogP) is 4.37. The summed E-state index contributed by atoms with van der Waals surface area (Å²) in [6, 6.07) is 10.7. The molecule has 0 unspecified atom stereocenters. The monoisotopic (exact) mass is 329 g/mol. The van der Waals surface area contributed by atoms with Gasteiger partial charge < -0.3 is 10.2 Å². The zero-order valence-corrected chi connectivity index (χ0v) is 13.7. The summed E-state index contributed by atoms with van der Waals surface area (Å²) in [7, 11) is 0. The minimum atomic E-state index is -0.184. The first-order valence-corrected chi connectivity index (χ1v) is 8.38. The molecule has 4 nitrogen and oxygen atoms in total. The Balaban J connectivity index is 1.64. The topological polar surface area (TPSA) is 45.2 Å². The van der Waals surface area contributed by atoms with Gasteiger partial charge in [-0.2, -0.15) is 0 Å². The number of halogens is 1. The summed E-state index contributed by atoms with van der Waals surface area (Å²) in [5, 5.41) is 3.42. The Morgan fingerprint density at radius 3 is 2.30 bits per heavy atom. The number of pyridine rings is 1. The molecule has 0 bridgehead atoms. The normalized spacial score (nSPS) is 15.1. The number of nitrogens with one attached hydrogen (secondary N) is 1.